The normalized spacial score (nSPS) is 14.1. The van der Waals surface area contributed by atoms with E-state index in [-0.39, 0.29) is 5.41 Å². The summed E-state index contributed by atoms with van der Waals surface area (Å²) in [6, 6.07) is 0.436. The zero-order chi connectivity index (χ0) is 10.9. The molecular formula is C11H21N3. The van der Waals surface area contributed by atoms with E-state index >= 15 is 0 Å². The predicted molar refractivity (Wildman–Crippen MR) is 60.7 cm³/mol. The van der Waals surface area contributed by atoms with Crippen LogP contribution in [-0.2, 0) is 0 Å². The first-order valence-corrected chi connectivity index (χ1v) is 5.09. The van der Waals surface area contributed by atoms with Crippen molar-refractivity contribution in [3.8, 4) is 0 Å². The van der Waals surface area contributed by atoms with Gasteiger partial charge < -0.3 is 9.88 Å². The molecule has 0 bridgehead atoms. The van der Waals surface area contributed by atoms with Crippen LogP contribution in [0, 0.1) is 12.3 Å². The summed E-state index contributed by atoms with van der Waals surface area (Å²) in [6.07, 6.45) is 2.10. The number of nitrogens with zero attached hydrogens (tertiary/aromatic N) is 2. The number of rotatable bonds is 2. The smallest absolute Gasteiger partial charge is 0.203 e. The molecule has 3 nitrogen and oxygen atoms in total. The summed E-state index contributed by atoms with van der Waals surface area (Å²) < 4.78 is 2.20. The fourth-order valence-corrected chi connectivity index (χ4v) is 1.41. The maximum atomic E-state index is 4.42. The maximum Gasteiger partial charge on any atom is 0.203 e. The van der Waals surface area contributed by atoms with Gasteiger partial charge in [0.15, 0.2) is 0 Å². The standard InChI is InChI=1S/C11H21N3/c1-8-7-14(10(12-6)13-8)9(2)11(3,4)5/h7,9H,1-6H3,(H,12,13). The van der Waals surface area contributed by atoms with Gasteiger partial charge in [0.1, 0.15) is 0 Å². The van der Waals surface area contributed by atoms with Gasteiger partial charge in [-0.25, -0.2) is 4.98 Å². The Kier molecular flexibility index (Phi) is 2.88. The number of aromatic nitrogens is 2. The lowest BCUT2D eigenvalue weighted by Gasteiger charge is -2.29. The van der Waals surface area contributed by atoms with E-state index in [2.05, 4.69) is 48.8 Å². The quantitative estimate of drug-likeness (QED) is 0.786. The zero-order valence-corrected chi connectivity index (χ0v) is 10.0. The third-order valence-electron chi connectivity index (χ3n) is 2.75. The number of hydrogen-bond acceptors (Lipinski definition) is 2. The molecule has 80 valence electrons. The molecule has 0 aliphatic heterocycles. The lowest BCUT2D eigenvalue weighted by atomic mass is 9.88. The predicted octanol–water partition coefficient (Wildman–Crippen LogP) is 2.84. The molecule has 0 aliphatic rings. The Morgan fingerprint density at radius 2 is 2.00 bits per heavy atom. The minimum atomic E-state index is 0.249. The zero-order valence-electron chi connectivity index (χ0n) is 10.0. The molecule has 0 aromatic carbocycles. The number of anilines is 1. The van der Waals surface area contributed by atoms with Crippen LogP contribution in [0.2, 0.25) is 0 Å². The van der Waals surface area contributed by atoms with Crippen LogP contribution in [0.5, 0.6) is 0 Å². The summed E-state index contributed by atoms with van der Waals surface area (Å²) in [4.78, 5) is 4.42. The lowest BCUT2D eigenvalue weighted by Crippen LogP contribution is -2.22. The highest BCUT2D eigenvalue weighted by molar-refractivity contribution is 5.28. The van der Waals surface area contributed by atoms with E-state index < -0.39 is 0 Å². The fraction of sp³-hybridized carbons (Fsp3) is 0.727. The van der Waals surface area contributed by atoms with E-state index in [9.17, 15) is 0 Å². The van der Waals surface area contributed by atoms with E-state index in [1.54, 1.807) is 0 Å². The average molecular weight is 195 g/mol. The summed E-state index contributed by atoms with van der Waals surface area (Å²) in [5.74, 6) is 0.949. The molecule has 0 aliphatic carbocycles. The van der Waals surface area contributed by atoms with E-state index in [0.29, 0.717) is 6.04 Å². The molecule has 1 rings (SSSR count). The van der Waals surface area contributed by atoms with Gasteiger partial charge in [-0.05, 0) is 19.3 Å². The van der Waals surface area contributed by atoms with Gasteiger partial charge in [0, 0.05) is 19.3 Å². The Morgan fingerprint density at radius 1 is 1.43 bits per heavy atom. The van der Waals surface area contributed by atoms with Gasteiger partial charge in [0.25, 0.3) is 0 Å². The highest BCUT2D eigenvalue weighted by Crippen LogP contribution is 2.32. The van der Waals surface area contributed by atoms with Gasteiger partial charge in [-0.3, -0.25) is 0 Å². The number of hydrogen-bond donors (Lipinski definition) is 1. The van der Waals surface area contributed by atoms with Gasteiger partial charge in [-0.2, -0.15) is 0 Å². The molecule has 1 unspecified atom stereocenters. The van der Waals surface area contributed by atoms with Crippen molar-refractivity contribution in [1.29, 1.82) is 0 Å². The van der Waals surface area contributed by atoms with E-state index in [1.165, 1.54) is 0 Å². The van der Waals surface area contributed by atoms with Crippen LogP contribution < -0.4 is 5.32 Å². The number of imidazole rings is 1. The third-order valence-corrected chi connectivity index (χ3v) is 2.75. The minimum absolute atomic E-state index is 0.249. The van der Waals surface area contributed by atoms with Crippen molar-refractivity contribution in [2.24, 2.45) is 5.41 Å². The molecule has 1 heterocycles. The average Bonchev–Trinajstić information content (AvgIpc) is 2.43. The molecule has 0 spiro atoms. The topological polar surface area (TPSA) is 29.9 Å². The van der Waals surface area contributed by atoms with Crippen molar-refractivity contribution in [1.82, 2.24) is 9.55 Å². The largest absolute Gasteiger partial charge is 0.359 e. The Bertz CT molecular complexity index is 307. The molecule has 14 heavy (non-hydrogen) atoms. The first-order valence-electron chi connectivity index (χ1n) is 5.09. The lowest BCUT2D eigenvalue weighted by molar-refractivity contribution is 0.264. The maximum absolute atomic E-state index is 4.42. The van der Waals surface area contributed by atoms with E-state index in [1.807, 2.05) is 14.0 Å². The van der Waals surface area contributed by atoms with Crippen molar-refractivity contribution in [3.05, 3.63) is 11.9 Å². The molecule has 0 fully saturated rings. The minimum Gasteiger partial charge on any atom is -0.359 e. The first-order chi connectivity index (χ1) is 6.36. The summed E-state index contributed by atoms with van der Waals surface area (Å²) in [5.41, 5.74) is 1.31. The molecule has 0 radical (unpaired) electrons. The van der Waals surface area contributed by atoms with Crippen molar-refractivity contribution < 1.29 is 0 Å². The Morgan fingerprint density at radius 3 is 2.43 bits per heavy atom. The number of nitrogens with one attached hydrogen (secondary N) is 1. The van der Waals surface area contributed by atoms with Gasteiger partial charge in [-0.1, -0.05) is 20.8 Å². The van der Waals surface area contributed by atoms with Crippen molar-refractivity contribution in [3.63, 3.8) is 0 Å². The van der Waals surface area contributed by atoms with Crippen molar-refractivity contribution in [2.75, 3.05) is 12.4 Å². The SMILES string of the molecule is CNc1nc(C)cn1C(C)C(C)(C)C. The van der Waals surface area contributed by atoms with Crippen molar-refractivity contribution in [2.45, 2.75) is 40.7 Å². The molecule has 1 aromatic heterocycles. The van der Waals surface area contributed by atoms with Crippen LogP contribution in [0.3, 0.4) is 0 Å². The Balaban J connectivity index is 3.05. The van der Waals surface area contributed by atoms with Crippen LogP contribution in [-0.4, -0.2) is 16.6 Å². The van der Waals surface area contributed by atoms with Gasteiger partial charge in [0.2, 0.25) is 5.95 Å². The van der Waals surface area contributed by atoms with Gasteiger partial charge >= 0.3 is 0 Å². The summed E-state index contributed by atoms with van der Waals surface area (Å²) in [6.45, 7) is 11.0. The molecule has 0 amide bonds. The highest BCUT2D eigenvalue weighted by Gasteiger charge is 2.23. The summed E-state index contributed by atoms with van der Waals surface area (Å²) >= 11 is 0. The van der Waals surface area contributed by atoms with E-state index in [0.717, 1.165) is 11.6 Å². The summed E-state index contributed by atoms with van der Waals surface area (Å²) in [7, 11) is 1.91. The molecule has 0 saturated heterocycles. The molecule has 1 atom stereocenters. The second-order valence-corrected chi connectivity index (χ2v) is 4.91. The Hall–Kier alpha value is -0.990. The van der Waals surface area contributed by atoms with Crippen LogP contribution >= 0.6 is 0 Å². The van der Waals surface area contributed by atoms with E-state index in [4.69, 9.17) is 0 Å². The van der Waals surface area contributed by atoms with Gasteiger partial charge in [-0.15, -0.1) is 0 Å². The fourth-order valence-electron chi connectivity index (χ4n) is 1.41. The number of aryl methyl sites for hydroxylation is 1. The molecule has 1 aromatic rings. The first kappa shape index (κ1) is 11.1. The molecule has 3 heteroatoms. The molecule has 1 N–H and O–H groups in total. The second kappa shape index (κ2) is 3.64. The highest BCUT2D eigenvalue weighted by atomic mass is 15.2. The summed E-state index contributed by atoms with van der Waals surface area (Å²) in [5, 5.41) is 3.12. The third kappa shape index (κ3) is 2.08. The monoisotopic (exact) mass is 195 g/mol. The second-order valence-electron chi connectivity index (χ2n) is 4.91. The van der Waals surface area contributed by atoms with Gasteiger partial charge in [0.05, 0.1) is 5.69 Å². The molecular weight excluding hydrogens is 174 g/mol. The van der Waals surface area contributed by atoms with Crippen LogP contribution in [0.25, 0.3) is 0 Å². The van der Waals surface area contributed by atoms with Crippen molar-refractivity contribution >= 4 is 5.95 Å². The Labute approximate surface area is 86.5 Å². The molecule has 0 saturated carbocycles. The van der Waals surface area contributed by atoms with Crippen LogP contribution in [0.1, 0.15) is 39.4 Å². The van der Waals surface area contributed by atoms with Crippen LogP contribution in [0.15, 0.2) is 6.20 Å². The van der Waals surface area contributed by atoms with Crippen LogP contribution in [0.4, 0.5) is 5.95 Å².